The Morgan fingerprint density at radius 3 is 2.55 bits per heavy atom. The third-order valence-corrected chi connectivity index (χ3v) is 4.90. The van der Waals surface area contributed by atoms with Crippen molar-refractivity contribution in [1.29, 1.82) is 0 Å². The van der Waals surface area contributed by atoms with E-state index in [2.05, 4.69) is 10.1 Å². The van der Waals surface area contributed by atoms with Gasteiger partial charge in [-0.05, 0) is 45.9 Å². The number of amides is 2. The van der Waals surface area contributed by atoms with Gasteiger partial charge in [0.1, 0.15) is 5.69 Å². The zero-order valence-corrected chi connectivity index (χ0v) is 17.5. The number of furan rings is 1. The lowest BCUT2D eigenvalue weighted by Gasteiger charge is -2.23. The van der Waals surface area contributed by atoms with Crippen molar-refractivity contribution < 1.29 is 14.0 Å². The number of nitrogens with zero attached hydrogens (tertiary/aromatic N) is 5. The molecule has 2 amide bonds. The van der Waals surface area contributed by atoms with E-state index in [4.69, 9.17) is 4.42 Å². The van der Waals surface area contributed by atoms with E-state index in [1.54, 1.807) is 47.3 Å². The Morgan fingerprint density at radius 2 is 1.97 bits per heavy atom. The van der Waals surface area contributed by atoms with Gasteiger partial charge in [-0.1, -0.05) is 0 Å². The van der Waals surface area contributed by atoms with Crippen LogP contribution in [0.15, 0.2) is 35.1 Å². The lowest BCUT2D eigenvalue weighted by molar-refractivity contribution is -0.131. The monoisotopic (exact) mass is 397 g/mol. The molecule has 0 bridgehead atoms. The van der Waals surface area contributed by atoms with E-state index < -0.39 is 0 Å². The van der Waals surface area contributed by atoms with Gasteiger partial charge in [-0.15, -0.1) is 0 Å². The first-order valence-electron chi connectivity index (χ1n) is 9.82. The summed E-state index contributed by atoms with van der Waals surface area (Å²) in [5, 5.41) is 5.07. The molecule has 0 fully saturated rings. The van der Waals surface area contributed by atoms with E-state index >= 15 is 0 Å². The Morgan fingerprint density at radius 1 is 1.24 bits per heavy atom. The maximum absolute atomic E-state index is 13.3. The van der Waals surface area contributed by atoms with Crippen LogP contribution in [0.25, 0.3) is 22.5 Å². The normalized spacial score (nSPS) is 11.2. The highest BCUT2D eigenvalue weighted by Crippen LogP contribution is 2.27. The average Bonchev–Trinajstić information content (AvgIpc) is 3.37. The number of fused-ring (bicyclic) bond motifs is 1. The molecule has 0 aromatic carbocycles. The van der Waals surface area contributed by atoms with Gasteiger partial charge in [0, 0.05) is 26.2 Å². The molecule has 0 N–H and O–H groups in total. The molecule has 3 aromatic heterocycles. The topological polar surface area (TPSA) is 84.5 Å². The van der Waals surface area contributed by atoms with Crippen LogP contribution in [0.4, 0.5) is 0 Å². The Kier molecular flexibility index (Phi) is 6.00. The zero-order chi connectivity index (χ0) is 21.1. The standard InChI is InChI=1S/C21H27N5O3/c1-6-25(7-2)19(27)13-24(5)21(28)15-11-17(18-9-8-10-29-18)23-20-16(15)12-22-26(20)14(3)4/h8-12,14H,6-7,13H2,1-5H3. The van der Waals surface area contributed by atoms with Crippen molar-refractivity contribution in [2.45, 2.75) is 33.7 Å². The fourth-order valence-electron chi connectivity index (χ4n) is 3.28. The third-order valence-electron chi connectivity index (χ3n) is 4.90. The molecule has 0 saturated carbocycles. The van der Waals surface area contributed by atoms with Gasteiger partial charge in [-0.2, -0.15) is 5.10 Å². The van der Waals surface area contributed by atoms with Crippen molar-refractivity contribution in [3.8, 4) is 11.5 Å². The van der Waals surface area contributed by atoms with E-state index in [-0.39, 0.29) is 24.4 Å². The highest BCUT2D eigenvalue weighted by molar-refractivity contribution is 6.07. The molecule has 8 nitrogen and oxygen atoms in total. The van der Waals surface area contributed by atoms with Gasteiger partial charge in [0.05, 0.1) is 30.0 Å². The summed E-state index contributed by atoms with van der Waals surface area (Å²) < 4.78 is 7.27. The summed E-state index contributed by atoms with van der Waals surface area (Å²) in [7, 11) is 1.63. The highest BCUT2D eigenvalue weighted by Gasteiger charge is 2.23. The summed E-state index contributed by atoms with van der Waals surface area (Å²) >= 11 is 0. The van der Waals surface area contributed by atoms with Gasteiger partial charge in [0.15, 0.2) is 11.4 Å². The van der Waals surface area contributed by atoms with Crippen LogP contribution in [0.1, 0.15) is 44.1 Å². The Balaban J connectivity index is 2.03. The van der Waals surface area contributed by atoms with Crippen molar-refractivity contribution in [3.05, 3.63) is 36.2 Å². The number of carbonyl (C=O) groups is 2. The first kappa shape index (κ1) is 20.6. The molecule has 0 spiro atoms. The number of likely N-dealkylation sites (N-methyl/N-ethyl adjacent to an activating group) is 2. The summed E-state index contributed by atoms with van der Waals surface area (Å²) in [5.41, 5.74) is 1.61. The van der Waals surface area contributed by atoms with Gasteiger partial charge in [-0.3, -0.25) is 9.59 Å². The summed E-state index contributed by atoms with van der Waals surface area (Å²) in [5.74, 6) is 0.230. The summed E-state index contributed by atoms with van der Waals surface area (Å²) in [6.07, 6.45) is 3.22. The Labute approximate surface area is 170 Å². The summed E-state index contributed by atoms with van der Waals surface area (Å²) in [6, 6.07) is 5.36. The fourth-order valence-corrected chi connectivity index (χ4v) is 3.28. The minimum Gasteiger partial charge on any atom is -0.463 e. The van der Waals surface area contributed by atoms with E-state index in [1.165, 1.54) is 4.90 Å². The molecule has 0 aliphatic carbocycles. The smallest absolute Gasteiger partial charge is 0.254 e. The number of aromatic nitrogens is 3. The number of carbonyl (C=O) groups excluding carboxylic acids is 2. The minimum atomic E-state index is -0.256. The lowest BCUT2D eigenvalue weighted by Crippen LogP contribution is -2.41. The van der Waals surface area contributed by atoms with E-state index in [1.807, 2.05) is 27.7 Å². The largest absolute Gasteiger partial charge is 0.463 e. The van der Waals surface area contributed by atoms with Crippen LogP contribution in [0, 0.1) is 0 Å². The molecule has 3 aromatic rings. The van der Waals surface area contributed by atoms with Gasteiger partial charge in [0.2, 0.25) is 5.91 Å². The first-order valence-corrected chi connectivity index (χ1v) is 9.82. The van der Waals surface area contributed by atoms with Crippen molar-refractivity contribution in [2.24, 2.45) is 0 Å². The predicted molar refractivity (Wildman–Crippen MR) is 111 cm³/mol. The van der Waals surface area contributed by atoms with Crippen LogP contribution in [0.2, 0.25) is 0 Å². The molecular formula is C21H27N5O3. The van der Waals surface area contributed by atoms with Crippen molar-refractivity contribution in [3.63, 3.8) is 0 Å². The second-order valence-corrected chi connectivity index (χ2v) is 7.18. The van der Waals surface area contributed by atoms with Crippen LogP contribution in [-0.2, 0) is 4.79 Å². The van der Waals surface area contributed by atoms with E-state index in [0.29, 0.717) is 41.1 Å². The van der Waals surface area contributed by atoms with Crippen LogP contribution in [0.5, 0.6) is 0 Å². The molecule has 0 saturated heterocycles. The Bertz CT molecular complexity index is 1000. The fraction of sp³-hybridized carbons (Fsp3) is 0.429. The van der Waals surface area contributed by atoms with Gasteiger partial charge in [-0.25, -0.2) is 9.67 Å². The summed E-state index contributed by atoms with van der Waals surface area (Å²) in [6.45, 7) is 9.09. The average molecular weight is 397 g/mol. The maximum Gasteiger partial charge on any atom is 0.254 e. The molecule has 154 valence electrons. The van der Waals surface area contributed by atoms with Gasteiger partial charge in [0.25, 0.3) is 5.91 Å². The Hall–Kier alpha value is -3.16. The van der Waals surface area contributed by atoms with Crippen LogP contribution in [0.3, 0.4) is 0 Å². The maximum atomic E-state index is 13.3. The van der Waals surface area contributed by atoms with Crippen molar-refractivity contribution >= 4 is 22.8 Å². The number of hydrogen-bond donors (Lipinski definition) is 0. The zero-order valence-electron chi connectivity index (χ0n) is 17.5. The van der Waals surface area contributed by atoms with Crippen LogP contribution >= 0.6 is 0 Å². The van der Waals surface area contributed by atoms with E-state index in [9.17, 15) is 9.59 Å². The molecule has 0 unspecified atom stereocenters. The molecule has 0 radical (unpaired) electrons. The molecule has 0 aliphatic rings. The highest BCUT2D eigenvalue weighted by atomic mass is 16.3. The van der Waals surface area contributed by atoms with Crippen molar-refractivity contribution in [2.75, 3.05) is 26.7 Å². The first-order chi connectivity index (χ1) is 13.9. The molecule has 3 rings (SSSR count). The second-order valence-electron chi connectivity index (χ2n) is 7.18. The molecule has 0 atom stereocenters. The molecular weight excluding hydrogens is 370 g/mol. The van der Waals surface area contributed by atoms with Crippen molar-refractivity contribution in [1.82, 2.24) is 24.6 Å². The molecule has 8 heteroatoms. The second kappa shape index (κ2) is 8.46. The van der Waals surface area contributed by atoms with Crippen LogP contribution in [-0.4, -0.2) is 63.1 Å². The SMILES string of the molecule is CCN(CC)C(=O)CN(C)C(=O)c1cc(-c2ccco2)nc2c1cnn2C(C)C. The molecule has 29 heavy (non-hydrogen) atoms. The lowest BCUT2D eigenvalue weighted by atomic mass is 10.1. The van der Waals surface area contributed by atoms with Crippen LogP contribution < -0.4 is 0 Å². The number of rotatable bonds is 7. The van der Waals surface area contributed by atoms with Gasteiger partial charge >= 0.3 is 0 Å². The summed E-state index contributed by atoms with van der Waals surface area (Å²) in [4.78, 5) is 33.5. The third kappa shape index (κ3) is 4.01. The number of hydrogen-bond acceptors (Lipinski definition) is 5. The predicted octanol–water partition coefficient (Wildman–Crippen LogP) is 3.21. The molecule has 3 heterocycles. The van der Waals surface area contributed by atoms with Gasteiger partial charge < -0.3 is 14.2 Å². The molecule has 0 aliphatic heterocycles. The quantitative estimate of drug-likeness (QED) is 0.611. The van der Waals surface area contributed by atoms with E-state index in [0.717, 1.165) is 0 Å². The number of pyridine rings is 1. The minimum absolute atomic E-state index is 0.0126.